The van der Waals surface area contributed by atoms with Gasteiger partial charge in [0.25, 0.3) is 0 Å². The zero-order valence-corrected chi connectivity index (χ0v) is 12.4. The van der Waals surface area contributed by atoms with Crippen molar-refractivity contribution in [3.05, 3.63) is 30.1 Å². The van der Waals surface area contributed by atoms with Crippen molar-refractivity contribution in [3.8, 4) is 0 Å². The molecular formula is C15H14F3N3O3. The lowest BCUT2D eigenvalue weighted by atomic mass is 9.80. The summed E-state index contributed by atoms with van der Waals surface area (Å²) in [5.41, 5.74) is 0.379. The maximum atomic E-state index is 13.1. The molecule has 24 heavy (non-hydrogen) atoms. The number of alkyl halides is 3. The van der Waals surface area contributed by atoms with E-state index < -0.39 is 36.3 Å². The molecule has 2 N–H and O–H groups in total. The molecule has 0 aliphatic heterocycles. The summed E-state index contributed by atoms with van der Waals surface area (Å²) in [5.74, 6) is -3.16. The summed E-state index contributed by atoms with van der Waals surface area (Å²) in [4.78, 5) is 26.3. The Balaban J connectivity index is 1.77. The number of hydrogen-bond acceptors (Lipinski definition) is 3. The molecule has 2 aromatic rings. The third kappa shape index (κ3) is 3.06. The minimum Gasteiger partial charge on any atom is -0.481 e. The standard InChI is InChI=1S/C15H14F3N3O3/c16-15(17,18)14-20-10-3-1-2-4-11(10)21(14)7-12(22)19-9-5-8(6-9)13(23)24/h1-4,8-9H,5-7H2,(H,19,22)(H,23,24). The van der Waals surface area contributed by atoms with Crippen molar-refractivity contribution in [2.75, 3.05) is 0 Å². The van der Waals surface area contributed by atoms with Crippen molar-refractivity contribution >= 4 is 22.9 Å². The number of carbonyl (C=O) groups excluding carboxylic acids is 1. The van der Waals surface area contributed by atoms with E-state index in [1.54, 1.807) is 12.1 Å². The fourth-order valence-electron chi connectivity index (χ4n) is 2.81. The molecule has 1 fully saturated rings. The second-order valence-corrected chi connectivity index (χ2v) is 5.78. The predicted molar refractivity (Wildman–Crippen MR) is 77.0 cm³/mol. The first-order valence-electron chi connectivity index (χ1n) is 7.30. The molecule has 1 aliphatic rings. The Morgan fingerprint density at radius 2 is 1.96 bits per heavy atom. The summed E-state index contributed by atoms with van der Waals surface area (Å²) in [6.45, 7) is -0.524. The van der Waals surface area contributed by atoms with Crippen molar-refractivity contribution in [1.82, 2.24) is 14.9 Å². The molecule has 0 saturated heterocycles. The number of halogens is 3. The molecule has 1 aromatic heterocycles. The van der Waals surface area contributed by atoms with Crippen LogP contribution in [-0.4, -0.2) is 32.6 Å². The van der Waals surface area contributed by atoms with Gasteiger partial charge in [-0.1, -0.05) is 12.1 Å². The number of amides is 1. The molecule has 0 bridgehead atoms. The molecule has 9 heteroatoms. The Kier molecular flexibility index (Phi) is 3.94. The van der Waals surface area contributed by atoms with Gasteiger partial charge in [-0.3, -0.25) is 9.59 Å². The van der Waals surface area contributed by atoms with Crippen LogP contribution in [0.15, 0.2) is 24.3 Å². The number of benzene rings is 1. The van der Waals surface area contributed by atoms with E-state index in [9.17, 15) is 22.8 Å². The maximum absolute atomic E-state index is 13.1. The van der Waals surface area contributed by atoms with Crippen molar-refractivity contribution in [2.45, 2.75) is 31.6 Å². The normalized spacial score (nSPS) is 20.6. The molecule has 0 unspecified atom stereocenters. The monoisotopic (exact) mass is 341 g/mol. The van der Waals surface area contributed by atoms with E-state index in [4.69, 9.17) is 5.11 Å². The molecule has 1 amide bonds. The number of fused-ring (bicyclic) bond motifs is 1. The van der Waals surface area contributed by atoms with E-state index in [1.807, 2.05) is 0 Å². The van der Waals surface area contributed by atoms with Crippen LogP contribution < -0.4 is 5.32 Å². The molecule has 1 heterocycles. The average Bonchev–Trinajstić information content (AvgIpc) is 2.81. The molecule has 0 radical (unpaired) electrons. The first-order chi connectivity index (χ1) is 11.3. The van der Waals surface area contributed by atoms with Crippen LogP contribution >= 0.6 is 0 Å². The van der Waals surface area contributed by atoms with Gasteiger partial charge in [0.1, 0.15) is 6.54 Å². The number of aliphatic carboxylic acids is 1. The van der Waals surface area contributed by atoms with Crippen molar-refractivity contribution in [1.29, 1.82) is 0 Å². The van der Waals surface area contributed by atoms with Crippen LogP contribution in [0, 0.1) is 5.92 Å². The zero-order chi connectivity index (χ0) is 17.5. The number of imidazole rings is 1. The van der Waals surface area contributed by atoms with Gasteiger partial charge in [0.05, 0.1) is 17.0 Å². The Labute approximate surface area is 134 Å². The van der Waals surface area contributed by atoms with Gasteiger partial charge in [-0.25, -0.2) is 4.98 Å². The van der Waals surface area contributed by atoms with Crippen molar-refractivity contribution < 1.29 is 27.9 Å². The Morgan fingerprint density at radius 3 is 2.58 bits per heavy atom. The number of carbonyl (C=O) groups is 2. The molecular weight excluding hydrogens is 327 g/mol. The lowest BCUT2D eigenvalue weighted by Gasteiger charge is -2.32. The highest BCUT2D eigenvalue weighted by Gasteiger charge is 2.39. The number of nitrogens with one attached hydrogen (secondary N) is 1. The van der Waals surface area contributed by atoms with Crippen LogP contribution in [0.3, 0.4) is 0 Å². The second-order valence-electron chi connectivity index (χ2n) is 5.78. The molecule has 6 nitrogen and oxygen atoms in total. The van der Waals surface area contributed by atoms with Gasteiger partial charge < -0.3 is 15.0 Å². The first-order valence-corrected chi connectivity index (χ1v) is 7.30. The number of hydrogen-bond donors (Lipinski definition) is 2. The van der Waals surface area contributed by atoms with Crippen LogP contribution in [0.25, 0.3) is 11.0 Å². The van der Waals surface area contributed by atoms with Crippen molar-refractivity contribution in [2.24, 2.45) is 5.92 Å². The number of para-hydroxylation sites is 2. The smallest absolute Gasteiger partial charge is 0.449 e. The Hall–Kier alpha value is -2.58. The third-order valence-electron chi connectivity index (χ3n) is 4.06. The number of nitrogens with zero attached hydrogens (tertiary/aromatic N) is 2. The lowest BCUT2D eigenvalue weighted by Crippen LogP contribution is -2.47. The number of carboxylic acid groups (broad SMARTS) is 1. The van der Waals surface area contributed by atoms with Crippen LogP contribution in [0.4, 0.5) is 13.2 Å². The quantitative estimate of drug-likeness (QED) is 0.891. The number of carboxylic acids is 1. The number of aromatic nitrogens is 2. The van der Waals surface area contributed by atoms with E-state index in [0.29, 0.717) is 0 Å². The highest BCUT2D eigenvalue weighted by atomic mass is 19.4. The van der Waals surface area contributed by atoms with E-state index in [0.717, 1.165) is 4.57 Å². The molecule has 0 spiro atoms. The zero-order valence-electron chi connectivity index (χ0n) is 12.4. The fraction of sp³-hybridized carbons (Fsp3) is 0.400. The van der Waals surface area contributed by atoms with Gasteiger partial charge in [0, 0.05) is 6.04 Å². The van der Waals surface area contributed by atoms with E-state index >= 15 is 0 Å². The molecule has 3 rings (SSSR count). The topological polar surface area (TPSA) is 84.2 Å². The summed E-state index contributed by atoms with van der Waals surface area (Å²) >= 11 is 0. The molecule has 1 aromatic carbocycles. The summed E-state index contributed by atoms with van der Waals surface area (Å²) in [5, 5.41) is 11.4. The number of rotatable bonds is 4. The maximum Gasteiger partial charge on any atom is 0.449 e. The minimum atomic E-state index is -4.68. The lowest BCUT2D eigenvalue weighted by molar-refractivity contribution is -0.148. The largest absolute Gasteiger partial charge is 0.481 e. The van der Waals surface area contributed by atoms with Gasteiger partial charge >= 0.3 is 12.1 Å². The summed E-state index contributed by atoms with van der Waals surface area (Å²) in [7, 11) is 0. The van der Waals surface area contributed by atoms with Crippen molar-refractivity contribution in [3.63, 3.8) is 0 Å². The summed E-state index contributed by atoms with van der Waals surface area (Å²) in [6, 6.07) is 5.74. The van der Waals surface area contributed by atoms with Gasteiger partial charge in [0.2, 0.25) is 11.7 Å². The fourth-order valence-corrected chi connectivity index (χ4v) is 2.81. The average molecular weight is 341 g/mol. The Morgan fingerprint density at radius 1 is 1.29 bits per heavy atom. The predicted octanol–water partition coefficient (Wildman–Crippen LogP) is 2.03. The SMILES string of the molecule is O=C(Cn1c(C(F)(F)F)nc2ccccc21)NC1CC(C(=O)O)C1. The van der Waals surface area contributed by atoms with Crippen LogP contribution in [0.1, 0.15) is 18.7 Å². The van der Waals surface area contributed by atoms with E-state index in [-0.39, 0.29) is 29.9 Å². The van der Waals surface area contributed by atoms with Gasteiger partial charge in [-0.2, -0.15) is 13.2 Å². The molecule has 0 atom stereocenters. The molecule has 1 saturated carbocycles. The van der Waals surface area contributed by atoms with Gasteiger partial charge in [-0.05, 0) is 25.0 Å². The molecule has 128 valence electrons. The third-order valence-corrected chi connectivity index (χ3v) is 4.06. The molecule has 1 aliphatic carbocycles. The summed E-state index contributed by atoms with van der Waals surface area (Å²) in [6.07, 6.45) is -4.10. The van der Waals surface area contributed by atoms with Gasteiger partial charge in [-0.15, -0.1) is 0 Å². The minimum absolute atomic E-state index is 0.159. The van der Waals surface area contributed by atoms with Crippen LogP contribution in [0.2, 0.25) is 0 Å². The highest BCUT2D eigenvalue weighted by molar-refractivity contribution is 5.81. The van der Waals surface area contributed by atoms with Gasteiger partial charge in [0.15, 0.2) is 0 Å². The van der Waals surface area contributed by atoms with Crippen LogP contribution in [-0.2, 0) is 22.3 Å². The second kappa shape index (κ2) is 5.81. The van der Waals surface area contributed by atoms with Crippen LogP contribution in [0.5, 0.6) is 0 Å². The van der Waals surface area contributed by atoms with E-state index in [1.165, 1.54) is 12.1 Å². The van der Waals surface area contributed by atoms with E-state index in [2.05, 4.69) is 10.3 Å². The highest BCUT2D eigenvalue weighted by Crippen LogP contribution is 2.31. The Bertz CT molecular complexity index is 794. The first kappa shape index (κ1) is 16.3. The summed E-state index contributed by atoms with van der Waals surface area (Å²) < 4.78 is 40.2.